The number of nitrogens with zero attached hydrogens (tertiary/aromatic N) is 2. The van der Waals surface area contributed by atoms with Crippen molar-refractivity contribution in [3.05, 3.63) is 17.5 Å². The summed E-state index contributed by atoms with van der Waals surface area (Å²) in [7, 11) is 0. The first-order valence-corrected chi connectivity index (χ1v) is 5.14. The summed E-state index contributed by atoms with van der Waals surface area (Å²) in [6.45, 7) is 3.15. The van der Waals surface area contributed by atoms with E-state index in [2.05, 4.69) is 14.7 Å². The molecule has 0 amide bonds. The number of hydrogen-bond acceptors (Lipinski definition) is 5. The Balaban J connectivity index is 3.21. The summed E-state index contributed by atoms with van der Waals surface area (Å²) in [5.41, 5.74) is -2.09. The fraction of sp³-hybridized carbons (Fsp3) is 0.500. The summed E-state index contributed by atoms with van der Waals surface area (Å²) < 4.78 is 47.4. The van der Waals surface area contributed by atoms with E-state index in [1.165, 1.54) is 6.92 Å². The van der Waals surface area contributed by atoms with Crippen molar-refractivity contribution in [2.24, 2.45) is 0 Å². The van der Waals surface area contributed by atoms with Crippen LogP contribution in [0.5, 0.6) is 6.01 Å². The average molecular weight is 264 g/mol. The largest absolute Gasteiger partial charge is 0.464 e. The molecule has 1 rings (SSSR count). The van der Waals surface area contributed by atoms with E-state index in [1.54, 1.807) is 6.92 Å². The maximum Gasteiger partial charge on any atom is 0.434 e. The molecule has 0 aromatic carbocycles. The number of hydrogen-bond donors (Lipinski definition) is 0. The second-order valence-corrected chi connectivity index (χ2v) is 3.07. The van der Waals surface area contributed by atoms with Gasteiger partial charge in [0.2, 0.25) is 0 Å². The number of halogens is 3. The van der Waals surface area contributed by atoms with Crippen LogP contribution in [0.2, 0.25) is 0 Å². The molecule has 5 nitrogen and oxygen atoms in total. The van der Waals surface area contributed by atoms with Crippen molar-refractivity contribution in [3.63, 3.8) is 0 Å². The van der Waals surface area contributed by atoms with Crippen molar-refractivity contribution in [1.82, 2.24) is 9.97 Å². The molecule has 0 aliphatic heterocycles. The summed E-state index contributed by atoms with van der Waals surface area (Å²) in [4.78, 5) is 18.0. The molecular formula is C10H11F3N2O3. The standard InChI is InChI=1S/C10H11F3N2O3/c1-3-17-8(16)6-5-14-9(18-4-2)15-7(6)10(11,12)13/h5H,3-4H2,1-2H3. The van der Waals surface area contributed by atoms with Gasteiger partial charge in [-0.2, -0.15) is 18.2 Å². The fourth-order valence-electron chi connectivity index (χ4n) is 1.14. The Hall–Kier alpha value is -1.86. The van der Waals surface area contributed by atoms with Crippen molar-refractivity contribution >= 4 is 5.97 Å². The molecule has 1 aromatic heterocycles. The maximum absolute atomic E-state index is 12.7. The number of esters is 1. The van der Waals surface area contributed by atoms with Gasteiger partial charge in [0.25, 0.3) is 0 Å². The molecule has 0 unspecified atom stereocenters. The highest BCUT2D eigenvalue weighted by molar-refractivity contribution is 5.90. The number of carbonyl (C=O) groups excluding carboxylic acids is 1. The zero-order valence-electron chi connectivity index (χ0n) is 9.74. The minimum absolute atomic E-state index is 0.0384. The summed E-state index contributed by atoms with van der Waals surface area (Å²) >= 11 is 0. The molecule has 8 heteroatoms. The Bertz CT molecular complexity index is 435. The van der Waals surface area contributed by atoms with Gasteiger partial charge in [-0.05, 0) is 13.8 Å². The van der Waals surface area contributed by atoms with Crippen LogP contribution in [0, 0.1) is 0 Å². The summed E-state index contributed by atoms with van der Waals surface area (Å²) in [5.74, 6) is -1.12. The van der Waals surface area contributed by atoms with Gasteiger partial charge in [-0.25, -0.2) is 9.78 Å². The highest BCUT2D eigenvalue weighted by Crippen LogP contribution is 2.31. The number of aromatic nitrogens is 2. The topological polar surface area (TPSA) is 61.3 Å². The first-order valence-electron chi connectivity index (χ1n) is 5.14. The van der Waals surface area contributed by atoms with Crippen LogP contribution in [0.1, 0.15) is 29.9 Å². The Labute approximate surface area is 101 Å². The lowest BCUT2D eigenvalue weighted by molar-refractivity contribution is -0.142. The molecule has 0 aliphatic rings. The van der Waals surface area contributed by atoms with Crippen LogP contribution in [0.3, 0.4) is 0 Å². The van der Waals surface area contributed by atoms with Gasteiger partial charge in [-0.1, -0.05) is 0 Å². The van der Waals surface area contributed by atoms with E-state index in [0.717, 1.165) is 6.20 Å². The third-order valence-electron chi connectivity index (χ3n) is 1.80. The van der Waals surface area contributed by atoms with Crippen molar-refractivity contribution < 1.29 is 27.4 Å². The zero-order chi connectivity index (χ0) is 13.8. The lowest BCUT2D eigenvalue weighted by Crippen LogP contribution is -2.18. The summed E-state index contributed by atoms with van der Waals surface area (Å²) in [6.07, 6.45) is -4.03. The molecule has 0 fully saturated rings. The van der Waals surface area contributed by atoms with Crippen molar-refractivity contribution in [2.75, 3.05) is 13.2 Å². The number of ether oxygens (including phenoxy) is 2. The predicted molar refractivity (Wildman–Crippen MR) is 54.2 cm³/mol. The molecule has 1 heterocycles. The SMILES string of the molecule is CCOC(=O)c1cnc(OCC)nc1C(F)(F)F. The summed E-state index contributed by atoms with van der Waals surface area (Å²) in [5, 5.41) is 0. The maximum atomic E-state index is 12.7. The molecule has 0 radical (unpaired) electrons. The molecule has 0 saturated heterocycles. The quantitative estimate of drug-likeness (QED) is 0.779. The molecular weight excluding hydrogens is 253 g/mol. The highest BCUT2D eigenvalue weighted by atomic mass is 19.4. The Morgan fingerprint density at radius 1 is 1.33 bits per heavy atom. The van der Waals surface area contributed by atoms with E-state index in [4.69, 9.17) is 4.74 Å². The van der Waals surface area contributed by atoms with E-state index >= 15 is 0 Å². The van der Waals surface area contributed by atoms with E-state index in [9.17, 15) is 18.0 Å². The van der Waals surface area contributed by atoms with Gasteiger partial charge in [0, 0.05) is 6.20 Å². The highest BCUT2D eigenvalue weighted by Gasteiger charge is 2.38. The third-order valence-corrected chi connectivity index (χ3v) is 1.80. The number of alkyl halides is 3. The van der Waals surface area contributed by atoms with Gasteiger partial charge in [-0.3, -0.25) is 0 Å². The van der Waals surface area contributed by atoms with Crippen molar-refractivity contribution in [1.29, 1.82) is 0 Å². The first kappa shape index (κ1) is 14.2. The van der Waals surface area contributed by atoms with E-state index in [0.29, 0.717) is 0 Å². The van der Waals surface area contributed by atoms with Gasteiger partial charge >= 0.3 is 18.2 Å². The molecule has 18 heavy (non-hydrogen) atoms. The molecule has 0 atom stereocenters. The molecule has 0 N–H and O–H groups in total. The molecule has 0 aliphatic carbocycles. The molecule has 0 spiro atoms. The van der Waals surface area contributed by atoms with Crippen molar-refractivity contribution in [3.8, 4) is 6.01 Å². The van der Waals surface area contributed by atoms with Crippen LogP contribution in [-0.4, -0.2) is 29.2 Å². The minimum atomic E-state index is -4.78. The van der Waals surface area contributed by atoms with Crippen molar-refractivity contribution in [2.45, 2.75) is 20.0 Å². The van der Waals surface area contributed by atoms with Gasteiger partial charge in [0.05, 0.1) is 13.2 Å². The van der Waals surface area contributed by atoms with Crippen LogP contribution in [-0.2, 0) is 10.9 Å². The summed E-state index contributed by atoms with van der Waals surface area (Å²) in [6, 6.07) is -0.433. The second-order valence-electron chi connectivity index (χ2n) is 3.07. The predicted octanol–water partition coefficient (Wildman–Crippen LogP) is 2.07. The van der Waals surface area contributed by atoms with Crippen LogP contribution in [0.4, 0.5) is 13.2 Å². The van der Waals surface area contributed by atoms with Crippen LogP contribution < -0.4 is 4.74 Å². The van der Waals surface area contributed by atoms with Gasteiger partial charge in [0.1, 0.15) is 5.56 Å². The molecule has 1 aromatic rings. The lowest BCUT2D eigenvalue weighted by Gasteiger charge is -2.11. The Morgan fingerprint density at radius 3 is 2.50 bits per heavy atom. The third kappa shape index (κ3) is 3.31. The molecule has 0 bridgehead atoms. The first-order chi connectivity index (χ1) is 8.40. The Morgan fingerprint density at radius 2 is 2.00 bits per heavy atom. The number of carbonyl (C=O) groups is 1. The minimum Gasteiger partial charge on any atom is -0.464 e. The zero-order valence-corrected chi connectivity index (χ0v) is 9.74. The van der Waals surface area contributed by atoms with Gasteiger partial charge < -0.3 is 9.47 Å². The Kier molecular flexibility index (Phi) is 4.46. The monoisotopic (exact) mass is 264 g/mol. The van der Waals surface area contributed by atoms with Crippen LogP contribution in [0.15, 0.2) is 6.20 Å². The normalized spacial score (nSPS) is 11.2. The van der Waals surface area contributed by atoms with E-state index in [-0.39, 0.29) is 13.2 Å². The smallest absolute Gasteiger partial charge is 0.434 e. The molecule has 0 saturated carbocycles. The van der Waals surface area contributed by atoms with E-state index < -0.39 is 29.4 Å². The number of rotatable bonds is 4. The fourth-order valence-corrected chi connectivity index (χ4v) is 1.14. The molecule has 100 valence electrons. The van der Waals surface area contributed by atoms with E-state index in [1.807, 2.05) is 0 Å². The van der Waals surface area contributed by atoms with Gasteiger partial charge in [-0.15, -0.1) is 0 Å². The van der Waals surface area contributed by atoms with Crippen LogP contribution >= 0.6 is 0 Å². The average Bonchev–Trinajstić information content (AvgIpc) is 2.28. The van der Waals surface area contributed by atoms with Gasteiger partial charge in [0.15, 0.2) is 5.69 Å². The second kappa shape index (κ2) is 5.65. The van der Waals surface area contributed by atoms with Crippen LogP contribution in [0.25, 0.3) is 0 Å². The lowest BCUT2D eigenvalue weighted by atomic mass is 10.2.